The van der Waals surface area contributed by atoms with Gasteiger partial charge in [0.1, 0.15) is 0 Å². The van der Waals surface area contributed by atoms with Crippen LogP contribution in [0.1, 0.15) is 37.7 Å². The molecule has 3 heteroatoms. The Hall–Kier alpha value is -1.02. The third kappa shape index (κ3) is 3.49. The van der Waals surface area contributed by atoms with Gasteiger partial charge in [-0.05, 0) is 42.7 Å². The lowest BCUT2D eigenvalue weighted by Gasteiger charge is -2.30. The van der Waals surface area contributed by atoms with Crippen molar-refractivity contribution in [2.75, 3.05) is 0 Å². The zero-order valence-corrected chi connectivity index (χ0v) is 11.2. The molecule has 1 fully saturated rings. The highest BCUT2D eigenvalue weighted by Crippen LogP contribution is 2.35. The van der Waals surface area contributed by atoms with Crippen LogP contribution < -0.4 is 0 Å². The van der Waals surface area contributed by atoms with Crippen molar-refractivity contribution in [3.8, 4) is 0 Å². The molecular formula is C15H19ClO2. The van der Waals surface area contributed by atoms with Gasteiger partial charge in [0.25, 0.3) is 0 Å². The third-order valence-corrected chi connectivity index (χ3v) is 4.31. The van der Waals surface area contributed by atoms with Crippen molar-refractivity contribution in [1.82, 2.24) is 0 Å². The van der Waals surface area contributed by atoms with Crippen LogP contribution in [0.4, 0.5) is 0 Å². The second-order valence-corrected chi connectivity index (χ2v) is 5.61. The minimum Gasteiger partial charge on any atom is -0.481 e. The molecule has 1 aliphatic carbocycles. The molecule has 1 saturated carbocycles. The molecule has 1 N–H and O–H groups in total. The van der Waals surface area contributed by atoms with Crippen LogP contribution in [0.25, 0.3) is 0 Å². The van der Waals surface area contributed by atoms with E-state index in [0.29, 0.717) is 18.3 Å². The molecule has 2 rings (SSSR count). The number of carboxylic acids is 1. The first-order valence-electron chi connectivity index (χ1n) is 6.62. The van der Waals surface area contributed by atoms with Gasteiger partial charge >= 0.3 is 5.97 Å². The fourth-order valence-corrected chi connectivity index (χ4v) is 3.21. The number of hydrogen-bond acceptors (Lipinski definition) is 1. The Morgan fingerprint density at radius 1 is 1.22 bits per heavy atom. The molecule has 1 aliphatic rings. The van der Waals surface area contributed by atoms with Gasteiger partial charge in [-0.15, -0.1) is 0 Å². The summed E-state index contributed by atoms with van der Waals surface area (Å²) in [5.41, 5.74) is 1.15. The molecular weight excluding hydrogens is 248 g/mol. The highest BCUT2D eigenvalue weighted by molar-refractivity contribution is 6.31. The average Bonchev–Trinajstić information content (AvgIpc) is 2.34. The van der Waals surface area contributed by atoms with Crippen LogP contribution in [0.2, 0.25) is 5.02 Å². The Balaban J connectivity index is 2.05. The zero-order chi connectivity index (χ0) is 13.0. The van der Waals surface area contributed by atoms with E-state index >= 15 is 0 Å². The quantitative estimate of drug-likeness (QED) is 0.888. The normalized spacial score (nSPS) is 23.8. The van der Waals surface area contributed by atoms with E-state index < -0.39 is 5.97 Å². The zero-order valence-electron chi connectivity index (χ0n) is 10.4. The molecule has 0 spiro atoms. The van der Waals surface area contributed by atoms with E-state index in [1.54, 1.807) is 0 Å². The lowest BCUT2D eigenvalue weighted by Crippen LogP contribution is -2.24. The highest BCUT2D eigenvalue weighted by Gasteiger charge is 2.27. The van der Waals surface area contributed by atoms with Crippen LogP contribution in [-0.4, -0.2) is 11.1 Å². The number of carbonyl (C=O) groups is 1. The molecule has 2 atom stereocenters. The lowest BCUT2D eigenvalue weighted by molar-refractivity contribution is -0.138. The first-order chi connectivity index (χ1) is 8.66. The maximum atomic E-state index is 10.9. The van der Waals surface area contributed by atoms with Crippen LogP contribution >= 0.6 is 11.6 Å². The topological polar surface area (TPSA) is 37.3 Å². The first kappa shape index (κ1) is 13.4. The van der Waals surface area contributed by atoms with Crippen molar-refractivity contribution in [2.45, 2.75) is 38.5 Å². The van der Waals surface area contributed by atoms with E-state index in [-0.39, 0.29) is 0 Å². The summed E-state index contributed by atoms with van der Waals surface area (Å²) in [4.78, 5) is 10.9. The summed E-state index contributed by atoms with van der Waals surface area (Å²) in [7, 11) is 0. The standard InChI is InChI=1S/C15H19ClO2/c16-14-8-4-3-7-13(14)9-11-5-1-2-6-12(11)10-15(17)18/h3-4,7-8,11-12H,1-2,5-6,9-10H2,(H,17,18). The van der Waals surface area contributed by atoms with Gasteiger partial charge in [-0.1, -0.05) is 42.6 Å². The van der Waals surface area contributed by atoms with Crippen molar-refractivity contribution in [2.24, 2.45) is 11.8 Å². The average molecular weight is 267 g/mol. The van der Waals surface area contributed by atoms with E-state index in [9.17, 15) is 4.79 Å². The Bertz CT molecular complexity index is 417. The number of benzene rings is 1. The predicted octanol–water partition coefficient (Wildman–Crippen LogP) is 4.16. The number of hydrogen-bond donors (Lipinski definition) is 1. The number of aliphatic carboxylic acids is 1. The molecule has 0 amide bonds. The van der Waals surface area contributed by atoms with E-state index in [1.807, 2.05) is 18.2 Å². The summed E-state index contributed by atoms with van der Waals surface area (Å²) in [6, 6.07) is 7.89. The maximum absolute atomic E-state index is 10.9. The van der Waals surface area contributed by atoms with Crippen molar-refractivity contribution >= 4 is 17.6 Å². The van der Waals surface area contributed by atoms with Crippen LogP contribution in [-0.2, 0) is 11.2 Å². The van der Waals surface area contributed by atoms with Gasteiger partial charge in [0.2, 0.25) is 0 Å². The monoisotopic (exact) mass is 266 g/mol. The minimum atomic E-state index is -0.675. The van der Waals surface area contributed by atoms with E-state index in [0.717, 1.165) is 36.3 Å². The van der Waals surface area contributed by atoms with E-state index in [1.165, 1.54) is 6.42 Å². The molecule has 2 unspecified atom stereocenters. The summed E-state index contributed by atoms with van der Waals surface area (Å²) in [6.07, 6.45) is 5.76. The van der Waals surface area contributed by atoms with Gasteiger partial charge in [0.05, 0.1) is 0 Å². The SMILES string of the molecule is O=C(O)CC1CCCCC1Cc1ccccc1Cl. The Morgan fingerprint density at radius 3 is 2.56 bits per heavy atom. The van der Waals surface area contributed by atoms with Gasteiger partial charge in [-0.25, -0.2) is 0 Å². The molecule has 1 aromatic carbocycles. The molecule has 0 heterocycles. The molecule has 98 valence electrons. The first-order valence-corrected chi connectivity index (χ1v) is 7.00. The molecule has 18 heavy (non-hydrogen) atoms. The number of rotatable bonds is 4. The summed E-state index contributed by atoms with van der Waals surface area (Å²) in [6.45, 7) is 0. The number of carboxylic acid groups (broad SMARTS) is 1. The van der Waals surface area contributed by atoms with Crippen molar-refractivity contribution in [3.05, 3.63) is 34.9 Å². The van der Waals surface area contributed by atoms with Crippen molar-refractivity contribution < 1.29 is 9.90 Å². The molecule has 1 aromatic rings. The van der Waals surface area contributed by atoms with E-state index in [4.69, 9.17) is 16.7 Å². The van der Waals surface area contributed by atoms with Crippen molar-refractivity contribution in [1.29, 1.82) is 0 Å². The molecule has 2 nitrogen and oxygen atoms in total. The predicted molar refractivity (Wildman–Crippen MR) is 72.9 cm³/mol. The summed E-state index contributed by atoms with van der Waals surface area (Å²) in [5, 5.41) is 9.78. The van der Waals surface area contributed by atoms with Crippen LogP contribution in [0.3, 0.4) is 0 Å². The van der Waals surface area contributed by atoms with Gasteiger partial charge in [0.15, 0.2) is 0 Å². The molecule has 0 bridgehead atoms. The Kier molecular flexibility index (Phi) is 4.65. The van der Waals surface area contributed by atoms with E-state index in [2.05, 4.69) is 6.07 Å². The van der Waals surface area contributed by atoms with Crippen LogP contribution in [0, 0.1) is 11.8 Å². The lowest BCUT2D eigenvalue weighted by atomic mass is 9.75. The Morgan fingerprint density at radius 2 is 1.89 bits per heavy atom. The van der Waals surface area contributed by atoms with Gasteiger partial charge < -0.3 is 5.11 Å². The van der Waals surface area contributed by atoms with Gasteiger partial charge in [-0.3, -0.25) is 4.79 Å². The molecule has 0 radical (unpaired) electrons. The maximum Gasteiger partial charge on any atom is 0.303 e. The smallest absolute Gasteiger partial charge is 0.303 e. The highest BCUT2D eigenvalue weighted by atomic mass is 35.5. The molecule has 0 aromatic heterocycles. The third-order valence-electron chi connectivity index (χ3n) is 3.94. The van der Waals surface area contributed by atoms with Gasteiger partial charge in [0, 0.05) is 11.4 Å². The van der Waals surface area contributed by atoms with Crippen molar-refractivity contribution in [3.63, 3.8) is 0 Å². The largest absolute Gasteiger partial charge is 0.481 e. The summed E-state index contributed by atoms with van der Waals surface area (Å²) in [5.74, 6) is 0.105. The molecule has 0 saturated heterocycles. The second kappa shape index (κ2) is 6.24. The van der Waals surface area contributed by atoms with Gasteiger partial charge in [-0.2, -0.15) is 0 Å². The van der Waals surface area contributed by atoms with Crippen LogP contribution in [0.5, 0.6) is 0 Å². The Labute approximate surface area is 113 Å². The summed E-state index contributed by atoms with van der Waals surface area (Å²) >= 11 is 6.18. The fraction of sp³-hybridized carbons (Fsp3) is 0.533. The van der Waals surface area contributed by atoms with Crippen LogP contribution in [0.15, 0.2) is 24.3 Å². The molecule has 0 aliphatic heterocycles. The number of halogens is 1. The summed E-state index contributed by atoms with van der Waals surface area (Å²) < 4.78 is 0. The fourth-order valence-electron chi connectivity index (χ4n) is 2.99. The minimum absolute atomic E-state index is 0.301. The second-order valence-electron chi connectivity index (χ2n) is 5.20.